The van der Waals surface area contributed by atoms with Gasteiger partial charge in [0.25, 0.3) is 10.1 Å². The molecule has 2 rings (SSSR count). The minimum atomic E-state index is -4.00. The van der Waals surface area contributed by atoms with Crippen LogP contribution in [-0.4, -0.2) is 63.5 Å². The van der Waals surface area contributed by atoms with Crippen molar-refractivity contribution in [2.75, 3.05) is 0 Å². The number of carboxylic acid groups (broad SMARTS) is 1. The smallest absolute Gasteiger partial charge is 0.305 e. The van der Waals surface area contributed by atoms with Crippen LogP contribution in [0, 0.1) is 0 Å². The second kappa shape index (κ2) is 10.6. The highest BCUT2D eigenvalue weighted by atomic mass is 32.2. The number of rotatable bonds is 7. The Morgan fingerprint density at radius 2 is 1.59 bits per heavy atom. The van der Waals surface area contributed by atoms with Gasteiger partial charge in [0.1, 0.15) is 6.04 Å². The van der Waals surface area contributed by atoms with Crippen molar-refractivity contribution >= 4 is 39.7 Å². The lowest BCUT2D eigenvalue weighted by atomic mass is 9.89. The first kappa shape index (κ1) is 27.9. The van der Waals surface area contributed by atoms with Crippen molar-refractivity contribution in [3.8, 4) is 0 Å². The summed E-state index contributed by atoms with van der Waals surface area (Å²) >= 11 is 1.79. The maximum absolute atomic E-state index is 12.2. The molecule has 180 valence electrons. The van der Waals surface area contributed by atoms with Gasteiger partial charge in [-0.15, -0.1) is 11.8 Å². The van der Waals surface area contributed by atoms with E-state index in [1.165, 1.54) is 12.1 Å². The molecule has 1 fully saturated rings. The van der Waals surface area contributed by atoms with E-state index in [2.05, 4.69) is 38.3 Å². The number of carbonyl (C=O) groups is 3. The molecule has 32 heavy (non-hydrogen) atoms. The second-order valence-corrected chi connectivity index (χ2v) is 12.2. The zero-order valence-corrected chi connectivity index (χ0v) is 20.3. The fraction of sp³-hybridized carbons (Fsp3) is 0.550. The van der Waals surface area contributed by atoms with E-state index in [-0.39, 0.29) is 26.3 Å². The molecular formula is C20H31N3O7S2. The van der Waals surface area contributed by atoms with Crippen molar-refractivity contribution in [2.45, 2.75) is 73.6 Å². The van der Waals surface area contributed by atoms with Gasteiger partial charge < -0.3 is 21.5 Å². The van der Waals surface area contributed by atoms with E-state index in [4.69, 9.17) is 15.4 Å². The molecule has 12 heteroatoms. The molecule has 1 heterocycles. The highest BCUT2D eigenvalue weighted by Crippen LogP contribution is 2.54. The van der Waals surface area contributed by atoms with E-state index in [1.807, 2.05) is 0 Å². The molecule has 1 aliphatic heterocycles. The van der Waals surface area contributed by atoms with Crippen molar-refractivity contribution in [3.05, 3.63) is 30.3 Å². The van der Waals surface area contributed by atoms with Crippen molar-refractivity contribution in [3.63, 3.8) is 0 Å². The van der Waals surface area contributed by atoms with Crippen LogP contribution < -0.4 is 16.4 Å². The zero-order valence-electron chi connectivity index (χ0n) is 18.7. The number of nitrogens with one attached hydrogen (secondary N) is 2. The highest BCUT2D eigenvalue weighted by molar-refractivity contribution is 8.03. The Morgan fingerprint density at radius 3 is 1.97 bits per heavy atom. The number of thioether (sulfide) groups is 1. The number of benzene rings is 1. The Kier molecular flexibility index (Phi) is 9.28. The quantitative estimate of drug-likeness (QED) is 0.350. The number of aliphatic carboxylic acids is 1. The van der Waals surface area contributed by atoms with E-state index in [0.29, 0.717) is 0 Å². The molecule has 0 unspecified atom stereocenters. The minimum absolute atomic E-state index is 0.00968. The van der Waals surface area contributed by atoms with Crippen molar-refractivity contribution in [2.24, 2.45) is 5.73 Å². The van der Waals surface area contributed by atoms with Gasteiger partial charge in [-0.2, -0.15) is 8.42 Å². The fourth-order valence-electron chi connectivity index (χ4n) is 3.45. The SMILES string of the molecule is C[C@@H](NC(=O)[C@@H](N)CC(=O)O)C(=O)NC1C(C)(C)SC1(C)C.O=S(=O)(O)c1ccccc1. The normalized spacial score (nSPS) is 18.7. The number of hydrogen-bond donors (Lipinski definition) is 5. The van der Waals surface area contributed by atoms with E-state index in [0.717, 1.165) is 0 Å². The van der Waals surface area contributed by atoms with Crippen LogP contribution in [0.15, 0.2) is 35.2 Å². The molecule has 2 amide bonds. The summed E-state index contributed by atoms with van der Waals surface area (Å²) in [4.78, 5) is 34.4. The summed E-state index contributed by atoms with van der Waals surface area (Å²) in [5, 5.41) is 14.0. The van der Waals surface area contributed by atoms with Crippen molar-refractivity contribution in [1.29, 1.82) is 0 Å². The van der Waals surface area contributed by atoms with Crippen LogP contribution in [0.4, 0.5) is 0 Å². The van der Waals surface area contributed by atoms with Gasteiger partial charge >= 0.3 is 5.97 Å². The van der Waals surface area contributed by atoms with Gasteiger partial charge in [0.15, 0.2) is 0 Å². The third-order valence-corrected chi connectivity index (χ3v) is 7.12. The van der Waals surface area contributed by atoms with Gasteiger partial charge in [-0.25, -0.2) is 0 Å². The zero-order chi connectivity index (χ0) is 24.9. The summed E-state index contributed by atoms with van der Waals surface area (Å²) in [7, 11) is -4.00. The van der Waals surface area contributed by atoms with Crippen LogP contribution in [0.3, 0.4) is 0 Å². The first-order chi connectivity index (χ1) is 14.5. The average Bonchev–Trinajstić information content (AvgIpc) is 2.64. The summed E-state index contributed by atoms with van der Waals surface area (Å²) in [5.41, 5.74) is 5.46. The van der Waals surface area contributed by atoms with Gasteiger partial charge in [0, 0.05) is 9.49 Å². The number of nitrogens with two attached hydrogens (primary N) is 1. The third-order valence-electron chi connectivity index (χ3n) is 4.73. The topological polar surface area (TPSA) is 176 Å². The lowest BCUT2D eigenvalue weighted by Gasteiger charge is -2.57. The Hall–Kier alpha value is -2.15. The number of carbonyl (C=O) groups excluding carboxylic acids is 2. The van der Waals surface area contributed by atoms with Crippen LogP contribution in [0.2, 0.25) is 0 Å². The molecule has 2 atom stereocenters. The maximum Gasteiger partial charge on any atom is 0.305 e. The summed E-state index contributed by atoms with van der Waals surface area (Å²) in [5.74, 6) is -2.11. The lowest BCUT2D eigenvalue weighted by Crippen LogP contribution is -2.68. The first-order valence-electron chi connectivity index (χ1n) is 9.78. The third kappa shape index (κ3) is 8.08. The van der Waals surface area contributed by atoms with E-state index >= 15 is 0 Å². The molecule has 1 saturated heterocycles. The number of amides is 2. The molecule has 0 radical (unpaired) electrons. The first-order valence-corrected chi connectivity index (χ1v) is 12.0. The second-order valence-electron chi connectivity index (χ2n) is 8.47. The summed E-state index contributed by atoms with van der Waals surface area (Å²) in [6.45, 7) is 9.77. The molecular weight excluding hydrogens is 458 g/mol. The van der Waals surface area contributed by atoms with Crippen molar-refractivity contribution in [1.82, 2.24) is 10.6 Å². The average molecular weight is 490 g/mol. The molecule has 0 aliphatic carbocycles. The molecule has 1 aliphatic rings. The standard InChI is InChI=1S/C14H25N3O4S.C6H6O3S/c1-7(16-11(21)8(15)6-9(18)19)10(20)17-12-13(2,3)22-14(12,4)5;7-10(8,9)6-4-2-1-3-5-6/h7-8,12H,6,15H2,1-5H3,(H,16,21)(H,17,20)(H,18,19);1-5H,(H,7,8,9)/t7-,8+;/m1./s1. The van der Waals surface area contributed by atoms with Gasteiger partial charge in [-0.05, 0) is 46.8 Å². The summed E-state index contributed by atoms with van der Waals surface area (Å²) in [6.07, 6.45) is -0.473. The highest BCUT2D eigenvalue weighted by Gasteiger charge is 2.54. The summed E-state index contributed by atoms with van der Waals surface area (Å²) in [6, 6.07) is 5.47. The molecule has 10 nitrogen and oxygen atoms in total. The van der Waals surface area contributed by atoms with Crippen LogP contribution in [-0.2, 0) is 24.5 Å². The van der Waals surface area contributed by atoms with E-state index < -0.39 is 40.5 Å². The molecule has 1 aromatic rings. The predicted octanol–water partition coefficient (Wildman–Crippen LogP) is 1.02. The number of hydrogen-bond acceptors (Lipinski definition) is 7. The Labute approximate surface area is 192 Å². The Balaban J connectivity index is 0.000000425. The van der Waals surface area contributed by atoms with Gasteiger partial charge in [-0.3, -0.25) is 18.9 Å². The molecule has 0 bridgehead atoms. The number of carboxylic acids is 1. The van der Waals surface area contributed by atoms with Crippen LogP contribution in [0.1, 0.15) is 41.0 Å². The molecule has 6 N–H and O–H groups in total. The van der Waals surface area contributed by atoms with Crippen molar-refractivity contribution < 1.29 is 32.5 Å². The molecule has 1 aromatic carbocycles. The Morgan fingerprint density at radius 1 is 1.09 bits per heavy atom. The van der Waals surface area contributed by atoms with Crippen LogP contribution >= 0.6 is 11.8 Å². The fourth-order valence-corrected chi connectivity index (χ4v) is 6.06. The van der Waals surface area contributed by atoms with Gasteiger partial charge in [0.05, 0.1) is 23.4 Å². The summed E-state index contributed by atoms with van der Waals surface area (Å²) < 4.78 is 29.1. The predicted molar refractivity (Wildman–Crippen MR) is 122 cm³/mol. The minimum Gasteiger partial charge on any atom is -0.481 e. The maximum atomic E-state index is 12.2. The van der Waals surface area contributed by atoms with Gasteiger partial charge in [0.2, 0.25) is 11.8 Å². The monoisotopic (exact) mass is 489 g/mol. The van der Waals surface area contributed by atoms with E-state index in [9.17, 15) is 22.8 Å². The Bertz CT molecular complexity index is 920. The van der Waals surface area contributed by atoms with Gasteiger partial charge in [-0.1, -0.05) is 18.2 Å². The lowest BCUT2D eigenvalue weighted by molar-refractivity contribution is -0.139. The largest absolute Gasteiger partial charge is 0.481 e. The van der Waals surface area contributed by atoms with E-state index in [1.54, 1.807) is 36.9 Å². The molecule has 0 spiro atoms. The molecule has 0 saturated carbocycles. The molecule has 0 aromatic heterocycles. The van der Waals surface area contributed by atoms with Crippen LogP contribution in [0.5, 0.6) is 0 Å². The van der Waals surface area contributed by atoms with Crippen LogP contribution in [0.25, 0.3) is 0 Å².